The maximum Gasteiger partial charge on any atom is 0.416 e. The lowest BCUT2D eigenvalue weighted by Crippen LogP contribution is -2.12. The van der Waals surface area contributed by atoms with E-state index < -0.39 is 23.5 Å². The van der Waals surface area contributed by atoms with Crippen LogP contribution in [0.4, 0.5) is 13.2 Å². The Bertz CT molecular complexity index is 478. The van der Waals surface area contributed by atoms with Crippen molar-refractivity contribution in [3.63, 3.8) is 0 Å². The summed E-state index contributed by atoms with van der Waals surface area (Å²) in [6.45, 7) is 3.32. The Labute approximate surface area is 101 Å². The molecule has 6 heteroatoms. The van der Waals surface area contributed by atoms with Crippen molar-refractivity contribution in [2.24, 2.45) is 0 Å². The highest BCUT2D eigenvalue weighted by molar-refractivity contribution is 5.93. The Kier molecular flexibility index (Phi) is 4.00. The van der Waals surface area contributed by atoms with Gasteiger partial charge in [0.25, 0.3) is 0 Å². The van der Waals surface area contributed by atoms with E-state index in [0.29, 0.717) is 0 Å². The van der Waals surface area contributed by atoms with Crippen molar-refractivity contribution in [2.75, 3.05) is 7.11 Å². The highest BCUT2D eigenvalue weighted by atomic mass is 19.4. The topological polar surface area (TPSA) is 46.5 Å². The van der Waals surface area contributed by atoms with Crippen LogP contribution in [0.2, 0.25) is 0 Å². The van der Waals surface area contributed by atoms with Crippen molar-refractivity contribution < 1.29 is 27.8 Å². The number of ether oxygens (including phenoxy) is 1. The average molecular weight is 260 g/mol. The summed E-state index contributed by atoms with van der Waals surface area (Å²) >= 11 is 0. The molecular formula is C12H11F3O3. The van der Waals surface area contributed by atoms with Gasteiger partial charge in [0.2, 0.25) is 0 Å². The number of hydrogen-bond acceptors (Lipinski definition) is 3. The van der Waals surface area contributed by atoms with Gasteiger partial charge < -0.3 is 9.84 Å². The predicted octanol–water partition coefficient (Wildman–Crippen LogP) is 2.93. The van der Waals surface area contributed by atoms with E-state index in [4.69, 9.17) is 0 Å². The first-order valence-corrected chi connectivity index (χ1v) is 4.94. The predicted molar refractivity (Wildman–Crippen MR) is 58.3 cm³/mol. The SMILES string of the molecule is C=CCc1c(C(F)(F)F)ccc(C(=O)OC)c1O. The van der Waals surface area contributed by atoms with Crippen LogP contribution in [0.1, 0.15) is 21.5 Å². The number of carbonyl (C=O) groups excluding carboxylic acids is 1. The molecule has 0 fully saturated rings. The number of allylic oxidation sites excluding steroid dienone is 1. The maximum atomic E-state index is 12.7. The number of rotatable bonds is 3. The Morgan fingerprint density at radius 2 is 2.11 bits per heavy atom. The Morgan fingerprint density at radius 3 is 2.56 bits per heavy atom. The monoisotopic (exact) mass is 260 g/mol. The van der Waals surface area contributed by atoms with Crippen molar-refractivity contribution in [3.8, 4) is 5.75 Å². The highest BCUT2D eigenvalue weighted by Crippen LogP contribution is 2.37. The second kappa shape index (κ2) is 5.12. The van der Waals surface area contributed by atoms with Gasteiger partial charge in [-0.15, -0.1) is 6.58 Å². The van der Waals surface area contributed by atoms with Crippen LogP contribution in [0.3, 0.4) is 0 Å². The first-order chi connectivity index (χ1) is 8.32. The van der Waals surface area contributed by atoms with E-state index in [1.807, 2.05) is 0 Å². The summed E-state index contributed by atoms with van der Waals surface area (Å²) in [6, 6.07) is 1.63. The van der Waals surface area contributed by atoms with E-state index in [2.05, 4.69) is 11.3 Å². The average Bonchev–Trinajstić information content (AvgIpc) is 2.29. The third-order valence-electron chi connectivity index (χ3n) is 2.34. The van der Waals surface area contributed by atoms with Crippen LogP contribution >= 0.6 is 0 Å². The number of phenols is 1. The number of hydrogen-bond donors (Lipinski definition) is 1. The van der Waals surface area contributed by atoms with Crippen LogP contribution in [-0.4, -0.2) is 18.2 Å². The van der Waals surface area contributed by atoms with Gasteiger partial charge in [-0.3, -0.25) is 0 Å². The summed E-state index contributed by atoms with van der Waals surface area (Å²) in [5.41, 5.74) is -1.68. The van der Waals surface area contributed by atoms with E-state index in [1.54, 1.807) is 0 Å². The fourth-order valence-corrected chi connectivity index (χ4v) is 1.53. The molecule has 0 aliphatic heterocycles. The summed E-state index contributed by atoms with van der Waals surface area (Å²) in [6.07, 6.45) is -3.60. The molecular weight excluding hydrogens is 249 g/mol. The molecule has 0 amide bonds. The van der Waals surface area contributed by atoms with E-state index in [9.17, 15) is 23.1 Å². The number of benzene rings is 1. The maximum absolute atomic E-state index is 12.7. The largest absolute Gasteiger partial charge is 0.507 e. The van der Waals surface area contributed by atoms with E-state index >= 15 is 0 Å². The van der Waals surface area contributed by atoms with Crippen molar-refractivity contribution >= 4 is 5.97 Å². The van der Waals surface area contributed by atoms with Gasteiger partial charge in [0.15, 0.2) is 0 Å². The smallest absolute Gasteiger partial charge is 0.416 e. The number of aromatic hydroxyl groups is 1. The molecule has 1 N–H and O–H groups in total. The van der Waals surface area contributed by atoms with Gasteiger partial charge in [0, 0.05) is 5.56 Å². The van der Waals surface area contributed by atoms with E-state index in [-0.39, 0.29) is 17.5 Å². The fourth-order valence-electron chi connectivity index (χ4n) is 1.53. The second-order valence-corrected chi connectivity index (χ2v) is 3.47. The van der Waals surface area contributed by atoms with Crippen LogP contribution in [0, 0.1) is 0 Å². The van der Waals surface area contributed by atoms with Gasteiger partial charge in [-0.05, 0) is 18.6 Å². The molecule has 0 bridgehead atoms. The molecule has 0 aliphatic rings. The lowest BCUT2D eigenvalue weighted by Gasteiger charge is -2.15. The number of halogens is 3. The molecule has 0 heterocycles. The number of alkyl halides is 3. The normalized spacial score (nSPS) is 11.1. The lowest BCUT2D eigenvalue weighted by molar-refractivity contribution is -0.138. The summed E-state index contributed by atoms with van der Waals surface area (Å²) in [4.78, 5) is 11.3. The van der Waals surface area contributed by atoms with Gasteiger partial charge in [0.1, 0.15) is 11.3 Å². The van der Waals surface area contributed by atoms with Crippen LogP contribution < -0.4 is 0 Å². The van der Waals surface area contributed by atoms with Crippen molar-refractivity contribution in [3.05, 3.63) is 41.5 Å². The van der Waals surface area contributed by atoms with Gasteiger partial charge in [0.05, 0.1) is 12.7 Å². The molecule has 1 rings (SSSR count). The van der Waals surface area contributed by atoms with Crippen molar-refractivity contribution in [1.29, 1.82) is 0 Å². The molecule has 0 saturated carbocycles. The molecule has 1 aromatic carbocycles. The zero-order valence-corrected chi connectivity index (χ0v) is 9.54. The summed E-state index contributed by atoms with van der Waals surface area (Å²) < 4.78 is 42.5. The number of esters is 1. The van der Waals surface area contributed by atoms with Gasteiger partial charge >= 0.3 is 12.1 Å². The van der Waals surface area contributed by atoms with Crippen LogP contribution in [0.5, 0.6) is 5.75 Å². The second-order valence-electron chi connectivity index (χ2n) is 3.47. The quantitative estimate of drug-likeness (QED) is 0.671. The molecule has 0 unspecified atom stereocenters. The highest BCUT2D eigenvalue weighted by Gasteiger charge is 2.35. The molecule has 98 valence electrons. The molecule has 0 aromatic heterocycles. The molecule has 0 atom stereocenters. The fraction of sp³-hybridized carbons (Fsp3) is 0.250. The number of phenolic OH excluding ortho intramolecular Hbond substituents is 1. The van der Waals surface area contributed by atoms with Gasteiger partial charge in [-0.25, -0.2) is 4.79 Å². The first kappa shape index (κ1) is 14.1. The Morgan fingerprint density at radius 1 is 1.50 bits per heavy atom. The van der Waals surface area contributed by atoms with E-state index in [0.717, 1.165) is 19.2 Å². The summed E-state index contributed by atoms with van der Waals surface area (Å²) in [5, 5.41) is 9.72. The summed E-state index contributed by atoms with van der Waals surface area (Å²) in [5.74, 6) is -1.62. The standard InChI is InChI=1S/C12H11F3O3/c1-3-4-7-9(12(13,14)15)6-5-8(10(7)16)11(17)18-2/h3,5-6,16H,1,4H2,2H3. The molecule has 0 aliphatic carbocycles. The third kappa shape index (κ3) is 2.64. The molecule has 0 saturated heterocycles. The van der Waals surface area contributed by atoms with Crippen LogP contribution in [0.15, 0.2) is 24.8 Å². The van der Waals surface area contributed by atoms with Crippen LogP contribution in [-0.2, 0) is 17.3 Å². The van der Waals surface area contributed by atoms with Gasteiger partial charge in [-0.2, -0.15) is 13.2 Å². The number of carbonyl (C=O) groups is 1. The molecule has 0 spiro atoms. The molecule has 3 nitrogen and oxygen atoms in total. The van der Waals surface area contributed by atoms with Crippen molar-refractivity contribution in [2.45, 2.75) is 12.6 Å². The Balaban J connectivity index is 3.46. The Hall–Kier alpha value is -1.98. The minimum Gasteiger partial charge on any atom is -0.507 e. The minimum atomic E-state index is -4.61. The molecule has 18 heavy (non-hydrogen) atoms. The van der Waals surface area contributed by atoms with Crippen LogP contribution in [0.25, 0.3) is 0 Å². The van der Waals surface area contributed by atoms with Gasteiger partial charge in [-0.1, -0.05) is 6.08 Å². The minimum absolute atomic E-state index is 0.203. The zero-order chi connectivity index (χ0) is 13.9. The third-order valence-corrected chi connectivity index (χ3v) is 2.34. The van der Waals surface area contributed by atoms with Crippen molar-refractivity contribution in [1.82, 2.24) is 0 Å². The molecule has 0 radical (unpaired) electrons. The zero-order valence-electron chi connectivity index (χ0n) is 9.54. The van der Waals surface area contributed by atoms with E-state index in [1.165, 1.54) is 6.08 Å². The lowest BCUT2D eigenvalue weighted by atomic mass is 9.99. The summed E-state index contributed by atoms with van der Waals surface area (Å²) in [7, 11) is 1.08. The first-order valence-electron chi connectivity index (χ1n) is 4.94. The molecule has 1 aromatic rings. The number of methoxy groups -OCH3 is 1.